The van der Waals surface area contributed by atoms with Gasteiger partial charge < -0.3 is 15.7 Å². The van der Waals surface area contributed by atoms with Crippen molar-refractivity contribution in [1.82, 2.24) is 10.6 Å². The Balaban J connectivity index is 1.62. The van der Waals surface area contributed by atoms with Crippen LogP contribution in [0.1, 0.15) is 37.0 Å². The Morgan fingerprint density at radius 3 is 3.00 bits per heavy atom. The summed E-state index contributed by atoms with van der Waals surface area (Å²) < 4.78 is 0. The standard InChI is InChI=1S/C14H22N2O2S/c1-10(13-3-2-6-19-13)8-15-14(18)16-9-11-4-5-12(17)7-11/h2-3,6,10-12,17H,4-5,7-9H2,1H3,(H2,15,16,18)/t10-,11-,12+/m0/s1. The molecule has 0 unspecified atom stereocenters. The van der Waals surface area contributed by atoms with E-state index in [9.17, 15) is 9.90 Å². The van der Waals surface area contributed by atoms with Crippen molar-refractivity contribution in [3.63, 3.8) is 0 Å². The molecule has 3 N–H and O–H groups in total. The Kier molecular flexibility index (Phi) is 5.22. The average molecular weight is 282 g/mol. The highest BCUT2D eigenvalue weighted by Gasteiger charge is 2.22. The molecule has 106 valence electrons. The summed E-state index contributed by atoms with van der Waals surface area (Å²) in [6.07, 6.45) is 2.51. The van der Waals surface area contributed by atoms with Gasteiger partial charge in [0.05, 0.1) is 6.10 Å². The van der Waals surface area contributed by atoms with Crippen LogP contribution in [-0.2, 0) is 0 Å². The second kappa shape index (κ2) is 6.91. The number of hydrogen-bond acceptors (Lipinski definition) is 3. The van der Waals surface area contributed by atoms with Crippen molar-refractivity contribution in [2.75, 3.05) is 13.1 Å². The molecular formula is C14H22N2O2S. The number of carbonyl (C=O) groups is 1. The second-order valence-electron chi connectivity index (χ2n) is 5.34. The molecule has 5 heteroatoms. The molecule has 0 spiro atoms. The van der Waals surface area contributed by atoms with Crippen LogP contribution in [0.5, 0.6) is 0 Å². The van der Waals surface area contributed by atoms with Gasteiger partial charge in [-0.2, -0.15) is 0 Å². The van der Waals surface area contributed by atoms with Crippen LogP contribution < -0.4 is 10.6 Å². The number of aliphatic hydroxyl groups excluding tert-OH is 1. The molecule has 1 saturated carbocycles. The Labute approximate surface area is 118 Å². The molecule has 0 bridgehead atoms. The maximum Gasteiger partial charge on any atom is 0.314 e. The predicted octanol–water partition coefficient (Wildman–Crippen LogP) is 2.31. The third kappa shape index (κ3) is 4.51. The van der Waals surface area contributed by atoms with Gasteiger partial charge in [0.2, 0.25) is 0 Å². The number of carbonyl (C=O) groups excluding carboxylic acids is 1. The van der Waals surface area contributed by atoms with Crippen molar-refractivity contribution in [2.45, 2.75) is 38.2 Å². The molecule has 4 nitrogen and oxygen atoms in total. The third-order valence-electron chi connectivity index (χ3n) is 3.66. The van der Waals surface area contributed by atoms with E-state index in [-0.39, 0.29) is 12.1 Å². The van der Waals surface area contributed by atoms with Crippen molar-refractivity contribution >= 4 is 17.4 Å². The third-order valence-corrected chi connectivity index (χ3v) is 4.77. The molecule has 2 amide bonds. The van der Waals surface area contributed by atoms with Crippen LogP contribution in [0.25, 0.3) is 0 Å². The van der Waals surface area contributed by atoms with Gasteiger partial charge in [-0.15, -0.1) is 11.3 Å². The van der Waals surface area contributed by atoms with E-state index < -0.39 is 0 Å². The number of urea groups is 1. The van der Waals surface area contributed by atoms with Gasteiger partial charge in [0, 0.05) is 23.9 Å². The zero-order valence-corrected chi connectivity index (χ0v) is 12.1. The molecule has 0 aromatic carbocycles. The van der Waals surface area contributed by atoms with Crippen molar-refractivity contribution in [3.05, 3.63) is 22.4 Å². The average Bonchev–Trinajstić information content (AvgIpc) is 3.04. The lowest BCUT2D eigenvalue weighted by molar-refractivity contribution is 0.177. The summed E-state index contributed by atoms with van der Waals surface area (Å²) >= 11 is 1.72. The van der Waals surface area contributed by atoms with Crippen molar-refractivity contribution in [3.8, 4) is 0 Å². The van der Waals surface area contributed by atoms with Crippen LogP contribution in [0.15, 0.2) is 17.5 Å². The van der Waals surface area contributed by atoms with Crippen molar-refractivity contribution < 1.29 is 9.90 Å². The lowest BCUT2D eigenvalue weighted by Crippen LogP contribution is -2.39. The Hall–Kier alpha value is -1.07. The van der Waals surface area contributed by atoms with Gasteiger partial charge in [-0.25, -0.2) is 4.79 Å². The summed E-state index contributed by atoms with van der Waals surface area (Å²) in [4.78, 5) is 13.0. The summed E-state index contributed by atoms with van der Waals surface area (Å²) in [5.41, 5.74) is 0. The van der Waals surface area contributed by atoms with Crippen LogP contribution in [0.4, 0.5) is 4.79 Å². The van der Waals surface area contributed by atoms with E-state index in [0.717, 1.165) is 19.3 Å². The quantitative estimate of drug-likeness (QED) is 0.776. The van der Waals surface area contributed by atoms with Crippen LogP contribution >= 0.6 is 11.3 Å². The molecule has 0 aliphatic heterocycles. The van der Waals surface area contributed by atoms with Crippen LogP contribution in [0.3, 0.4) is 0 Å². The van der Waals surface area contributed by atoms with Crippen molar-refractivity contribution in [1.29, 1.82) is 0 Å². The van der Waals surface area contributed by atoms with Crippen LogP contribution in [0, 0.1) is 5.92 Å². The smallest absolute Gasteiger partial charge is 0.314 e. The maximum atomic E-state index is 11.7. The van der Waals surface area contributed by atoms with Gasteiger partial charge in [0.15, 0.2) is 0 Å². The van der Waals surface area contributed by atoms with Gasteiger partial charge in [-0.3, -0.25) is 0 Å². The minimum atomic E-state index is -0.172. The van der Waals surface area contributed by atoms with Gasteiger partial charge in [-0.1, -0.05) is 13.0 Å². The molecule has 1 heterocycles. The zero-order valence-electron chi connectivity index (χ0n) is 11.3. The van der Waals surface area contributed by atoms with Gasteiger partial charge in [0.25, 0.3) is 0 Å². The van der Waals surface area contributed by atoms with E-state index in [0.29, 0.717) is 24.9 Å². The number of hydrogen-bond donors (Lipinski definition) is 3. The molecular weight excluding hydrogens is 260 g/mol. The molecule has 1 aromatic heterocycles. The summed E-state index contributed by atoms with van der Waals surface area (Å²) in [5, 5.41) is 17.3. The number of amides is 2. The Morgan fingerprint density at radius 2 is 2.37 bits per heavy atom. The number of rotatable bonds is 5. The monoisotopic (exact) mass is 282 g/mol. The molecule has 3 atom stereocenters. The topological polar surface area (TPSA) is 61.4 Å². The summed E-state index contributed by atoms with van der Waals surface area (Å²) in [6.45, 7) is 3.43. The first-order chi connectivity index (χ1) is 9.15. The first-order valence-electron chi connectivity index (χ1n) is 6.88. The zero-order chi connectivity index (χ0) is 13.7. The molecule has 1 aliphatic rings. The van der Waals surface area contributed by atoms with Gasteiger partial charge >= 0.3 is 6.03 Å². The van der Waals surface area contributed by atoms with Gasteiger partial charge in [0.1, 0.15) is 0 Å². The number of thiophene rings is 1. The Bertz CT molecular complexity index is 394. The first-order valence-corrected chi connectivity index (χ1v) is 7.76. The second-order valence-corrected chi connectivity index (χ2v) is 6.32. The van der Waals surface area contributed by atoms with Crippen LogP contribution in [0.2, 0.25) is 0 Å². The fourth-order valence-electron chi connectivity index (χ4n) is 2.45. The molecule has 1 aliphatic carbocycles. The molecule has 1 aromatic rings. The van der Waals surface area contributed by atoms with E-state index in [4.69, 9.17) is 0 Å². The van der Waals surface area contributed by atoms with E-state index in [1.165, 1.54) is 4.88 Å². The predicted molar refractivity (Wildman–Crippen MR) is 77.5 cm³/mol. The van der Waals surface area contributed by atoms with Crippen molar-refractivity contribution in [2.24, 2.45) is 5.92 Å². The minimum absolute atomic E-state index is 0.107. The highest BCUT2D eigenvalue weighted by atomic mass is 32.1. The highest BCUT2D eigenvalue weighted by Crippen LogP contribution is 2.24. The SMILES string of the molecule is C[C@@H](CNC(=O)NC[C@H]1CC[C@@H](O)C1)c1cccs1. The first kappa shape index (κ1) is 14.3. The fraction of sp³-hybridized carbons (Fsp3) is 0.643. The molecule has 1 fully saturated rings. The molecule has 0 saturated heterocycles. The normalized spacial score (nSPS) is 24.1. The largest absolute Gasteiger partial charge is 0.393 e. The summed E-state index contributed by atoms with van der Waals surface area (Å²) in [7, 11) is 0. The minimum Gasteiger partial charge on any atom is -0.393 e. The maximum absolute atomic E-state index is 11.7. The van der Waals surface area contributed by atoms with E-state index in [2.05, 4.69) is 29.0 Å². The lowest BCUT2D eigenvalue weighted by atomic mass is 10.1. The number of aliphatic hydroxyl groups is 1. The Morgan fingerprint density at radius 1 is 1.53 bits per heavy atom. The molecule has 19 heavy (non-hydrogen) atoms. The van der Waals surface area contributed by atoms with E-state index in [1.54, 1.807) is 11.3 Å². The summed E-state index contributed by atoms with van der Waals surface area (Å²) in [6, 6.07) is 4.02. The van der Waals surface area contributed by atoms with Crippen LogP contribution in [-0.4, -0.2) is 30.3 Å². The summed E-state index contributed by atoms with van der Waals surface area (Å²) in [5.74, 6) is 0.773. The number of nitrogens with one attached hydrogen (secondary N) is 2. The van der Waals surface area contributed by atoms with E-state index in [1.807, 2.05) is 6.07 Å². The molecule has 2 rings (SSSR count). The highest BCUT2D eigenvalue weighted by molar-refractivity contribution is 7.10. The molecule has 0 radical (unpaired) electrons. The lowest BCUT2D eigenvalue weighted by Gasteiger charge is -2.14. The van der Waals surface area contributed by atoms with Gasteiger partial charge in [-0.05, 0) is 36.6 Å². The van der Waals surface area contributed by atoms with E-state index >= 15 is 0 Å². The fourth-order valence-corrected chi connectivity index (χ4v) is 3.24.